The molecule has 1 atom stereocenters. The second-order valence-corrected chi connectivity index (χ2v) is 8.91. The molecule has 0 aliphatic carbocycles. The number of nitrogens with zero attached hydrogens (tertiary/aromatic N) is 1. The Bertz CT molecular complexity index is 1330. The first kappa shape index (κ1) is 25.5. The van der Waals surface area contributed by atoms with Crippen LogP contribution in [0.4, 0.5) is 23.7 Å². The van der Waals surface area contributed by atoms with Gasteiger partial charge in [-0.15, -0.1) is 0 Å². The Kier molecular flexibility index (Phi) is 7.52. The highest BCUT2D eigenvalue weighted by Crippen LogP contribution is 2.40. The maximum atomic E-state index is 13.8. The third kappa shape index (κ3) is 5.80. The fraction of sp³-hybridized carbons (Fsp3) is 0.111. The van der Waals surface area contributed by atoms with E-state index in [1.165, 1.54) is 18.3 Å². The highest BCUT2D eigenvalue weighted by atomic mass is 35.5. The lowest BCUT2D eigenvalue weighted by Crippen LogP contribution is -2.50. The lowest BCUT2D eigenvalue weighted by atomic mass is 9.80. The third-order valence-corrected chi connectivity index (χ3v) is 6.15. The molecule has 1 unspecified atom stereocenters. The minimum Gasteiger partial charge on any atom is -0.322 e. The summed E-state index contributed by atoms with van der Waals surface area (Å²) in [4.78, 5) is 17.7. The third-order valence-electron chi connectivity index (χ3n) is 5.60. The molecule has 2 N–H and O–H groups in total. The maximum Gasteiger partial charge on any atom is 0.417 e. The van der Waals surface area contributed by atoms with Crippen LogP contribution in [0.3, 0.4) is 0 Å². The number of aromatic nitrogens is 1. The fourth-order valence-corrected chi connectivity index (χ4v) is 4.27. The number of hydrogen-bond acceptors (Lipinski definition) is 2. The number of anilines is 1. The number of alkyl halides is 3. The van der Waals surface area contributed by atoms with Gasteiger partial charge in [0.05, 0.1) is 21.3 Å². The molecular formula is C27H20Cl2F3N3O. The first-order valence-corrected chi connectivity index (χ1v) is 11.6. The number of hydrogen-bond donors (Lipinski definition) is 2. The molecule has 2 amide bonds. The summed E-state index contributed by atoms with van der Waals surface area (Å²) in [5.41, 5.74) is -0.790. The van der Waals surface area contributed by atoms with Crippen molar-refractivity contribution in [3.8, 4) is 0 Å². The Morgan fingerprint density at radius 3 is 2.14 bits per heavy atom. The molecule has 0 spiro atoms. The van der Waals surface area contributed by atoms with E-state index in [-0.39, 0.29) is 12.0 Å². The summed E-state index contributed by atoms with van der Waals surface area (Å²) in [6.07, 6.45) is -3.22. The summed E-state index contributed by atoms with van der Waals surface area (Å²) in [7, 11) is 0. The van der Waals surface area contributed by atoms with E-state index in [0.29, 0.717) is 16.4 Å². The summed E-state index contributed by atoms with van der Waals surface area (Å²) in [6, 6.07) is 23.9. The minimum atomic E-state index is -4.70. The smallest absolute Gasteiger partial charge is 0.322 e. The average molecular weight is 530 g/mol. The van der Waals surface area contributed by atoms with Gasteiger partial charge in [0.1, 0.15) is 5.54 Å². The molecular weight excluding hydrogens is 510 g/mol. The normalized spacial score (nSPS) is 13.0. The van der Waals surface area contributed by atoms with Crippen LogP contribution in [0.5, 0.6) is 0 Å². The molecule has 0 aliphatic heterocycles. The topological polar surface area (TPSA) is 54.0 Å². The molecule has 4 nitrogen and oxygen atoms in total. The summed E-state index contributed by atoms with van der Waals surface area (Å²) in [5.74, 6) is 0. The SMILES string of the molecule is O=C(Nc1ccccc1)NC(Cc1ccccc1)(c1ccc(Cl)c(C(F)(F)F)c1)c1ccc(Cl)cn1. The van der Waals surface area contributed by atoms with Gasteiger partial charge in [0.15, 0.2) is 0 Å². The van der Waals surface area contributed by atoms with Crippen molar-refractivity contribution in [3.05, 3.63) is 130 Å². The van der Waals surface area contributed by atoms with E-state index >= 15 is 0 Å². The van der Waals surface area contributed by atoms with Crippen molar-refractivity contribution < 1.29 is 18.0 Å². The second kappa shape index (κ2) is 10.6. The van der Waals surface area contributed by atoms with E-state index in [4.69, 9.17) is 23.2 Å². The van der Waals surface area contributed by atoms with Crippen LogP contribution >= 0.6 is 23.2 Å². The molecule has 4 aromatic rings. The van der Waals surface area contributed by atoms with Crippen molar-refractivity contribution in [1.29, 1.82) is 0 Å². The van der Waals surface area contributed by atoms with Crippen molar-refractivity contribution in [2.45, 2.75) is 18.1 Å². The van der Waals surface area contributed by atoms with Gasteiger partial charge < -0.3 is 10.6 Å². The Hall–Kier alpha value is -3.55. The monoisotopic (exact) mass is 529 g/mol. The molecule has 184 valence electrons. The number of para-hydroxylation sites is 1. The number of carbonyl (C=O) groups excluding carboxylic acids is 1. The molecule has 1 heterocycles. The summed E-state index contributed by atoms with van der Waals surface area (Å²) >= 11 is 12.0. The molecule has 4 rings (SSSR count). The van der Waals surface area contributed by atoms with Gasteiger partial charge in [-0.25, -0.2) is 4.79 Å². The number of rotatable bonds is 6. The molecule has 0 saturated carbocycles. The molecule has 1 aromatic heterocycles. The van der Waals surface area contributed by atoms with Crippen molar-refractivity contribution in [2.24, 2.45) is 0 Å². The fourth-order valence-electron chi connectivity index (χ4n) is 3.94. The lowest BCUT2D eigenvalue weighted by Gasteiger charge is -2.36. The van der Waals surface area contributed by atoms with Gasteiger partial charge in [-0.05, 0) is 47.5 Å². The number of pyridine rings is 1. The van der Waals surface area contributed by atoms with Crippen LogP contribution in [-0.4, -0.2) is 11.0 Å². The van der Waals surface area contributed by atoms with Gasteiger partial charge in [-0.1, -0.05) is 77.8 Å². The van der Waals surface area contributed by atoms with Gasteiger partial charge in [0.2, 0.25) is 0 Å². The van der Waals surface area contributed by atoms with E-state index in [9.17, 15) is 18.0 Å². The zero-order valence-electron chi connectivity index (χ0n) is 18.7. The van der Waals surface area contributed by atoms with Gasteiger partial charge in [0.25, 0.3) is 0 Å². The van der Waals surface area contributed by atoms with E-state index in [1.54, 1.807) is 42.5 Å². The van der Waals surface area contributed by atoms with Crippen LogP contribution in [0.25, 0.3) is 0 Å². The predicted octanol–water partition coefficient (Wildman–Crippen LogP) is 7.72. The molecule has 36 heavy (non-hydrogen) atoms. The van der Waals surface area contributed by atoms with Crippen LogP contribution in [0.2, 0.25) is 10.0 Å². The number of nitrogens with one attached hydrogen (secondary N) is 2. The van der Waals surface area contributed by atoms with Crippen LogP contribution in [0.15, 0.2) is 97.2 Å². The zero-order chi connectivity index (χ0) is 25.8. The number of benzene rings is 3. The maximum absolute atomic E-state index is 13.8. The van der Waals surface area contributed by atoms with Crippen molar-refractivity contribution in [3.63, 3.8) is 0 Å². The van der Waals surface area contributed by atoms with Crippen molar-refractivity contribution in [1.82, 2.24) is 10.3 Å². The van der Waals surface area contributed by atoms with E-state index in [2.05, 4.69) is 15.6 Å². The number of amides is 2. The highest BCUT2D eigenvalue weighted by molar-refractivity contribution is 6.31. The van der Waals surface area contributed by atoms with Crippen LogP contribution in [-0.2, 0) is 18.1 Å². The standard InChI is InChI=1S/C27H20Cl2F3N3O/c28-20-12-14-24(33-17-20)26(16-18-7-3-1-4-8-18,35-25(36)34-21-9-5-2-6-10-21)19-11-13-23(29)22(15-19)27(30,31)32/h1-15,17H,16H2,(H2,34,35,36). The average Bonchev–Trinajstić information content (AvgIpc) is 2.85. The first-order chi connectivity index (χ1) is 17.2. The van der Waals surface area contributed by atoms with E-state index in [1.807, 2.05) is 30.3 Å². The van der Waals surface area contributed by atoms with Gasteiger partial charge in [0, 0.05) is 18.3 Å². The van der Waals surface area contributed by atoms with Crippen LogP contribution < -0.4 is 10.6 Å². The van der Waals surface area contributed by atoms with Gasteiger partial charge in [-0.2, -0.15) is 13.2 Å². The molecule has 3 aromatic carbocycles. The van der Waals surface area contributed by atoms with Crippen molar-refractivity contribution in [2.75, 3.05) is 5.32 Å². The minimum absolute atomic E-state index is 0.101. The molecule has 0 saturated heterocycles. The Labute approximate surface area is 216 Å². The molecule has 0 radical (unpaired) electrons. The van der Waals surface area contributed by atoms with Crippen molar-refractivity contribution >= 4 is 34.9 Å². The van der Waals surface area contributed by atoms with Gasteiger partial charge >= 0.3 is 12.2 Å². The van der Waals surface area contributed by atoms with Crippen LogP contribution in [0.1, 0.15) is 22.4 Å². The Morgan fingerprint density at radius 1 is 0.861 bits per heavy atom. The highest BCUT2D eigenvalue weighted by Gasteiger charge is 2.41. The molecule has 9 heteroatoms. The van der Waals surface area contributed by atoms with E-state index < -0.39 is 28.3 Å². The molecule has 0 aliphatic rings. The molecule has 0 bridgehead atoms. The summed E-state index contributed by atoms with van der Waals surface area (Å²) in [5, 5.41) is 5.54. The largest absolute Gasteiger partial charge is 0.417 e. The molecule has 0 fully saturated rings. The zero-order valence-corrected chi connectivity index (χ0v) is 20.2. The van der Waals surface area contributed by atoms with E-state index in [0.717, 1.165) is 11.6 Å². The predicted molar refractivity (Wildman–Crippen MR) is 135 cm³/mol. The Balaban J connectivity index is 1.90. The second-order valence-electron chi connectivity index (χ2n) is 8.07. The lowest BCUT2D eigenvalue weighted by molar-refractivity contribution is -0.137. The summed E-state index contributed by atoms with van der Waals surface area (Å²) < 4.78 is 41.5. The van der Waals surface area contributed by atoms with Gasteiger partial charge in [-0.3, -0.25) is 4.98 Å². The summed E-state index contributed by atoms with van der Waals surface area (Å²) in [6.45, 7) is 0. The quantitative estimate of drug-likeness (QED) is 0.268. The Morgan fingerprint density at radius 2 is 1.53 bits per heavy atom. The number of halogens is 5. The first-order valence-electron chi connectivity index (χ1n) is 10.8. The number of carbonyl (C=O) groups is 1. The van der Waals surface area contributed by atoms with Crippen LogP contribution in [0, 0.1) is 0 Å². The number of urea groups is 1.